The summed E-state index contributed by atoms with van der Waals surface area (Å²) in [5.74, 6) is -2.73. The highest BCUT2D eigenvalue weighted by Gasteiger charge is 2.19. The molecule has 0 radical (unpaired) electrons. The Morgan fingerprint density at radius 3 is 2.52 bits per heavy atom. The van der Waals surface area contributed by atoms with Crippen LogP contribution in [0.5, 0.6) is 5.75 Å². The van der Waals surface area contributed by atoms with Crippen molar-refractivity contribution in [2.45, 2.75) is 19.4 Å². The van der Waals surface area contributed by atoms with Crippen molar-refractivity contribution in [1.29, 1.82) is 5.41 Å². The van der Waals surface area contributed by atoms with Crippen LogP contribution in [0, 0.1) is 5.41 Å². The van der Waals surface area contributed by atoms with Crippen LogP contribution in [0.4, 0.5) is 5.69 Å². The van der Waals surface area contributed by atoms with Crippen molar-refractivity contribution < 1.29 is 28.8 Å². The summed E-state index contributed by atoms with van der Waals surface area (Å²) in [7, 11) is 0. The van der Waals surface area contributed by atoms with Crippen LogP contribution in [0.25, 0.3) is 11.4 Å². The zero-order chi connectivity index (χ0) is 30.2. The highest BCUT2D eigenvalue weighted by atomic mass is 35.5. The van der Waals surface area contributed by atoms with Crippen LogP contribution in [0.2, 0.25) is 5.02 Å². The fraction of sp³-hybridized carbons (Fsp3) is 0.143. The molecule has 0 spiro atoms. The van der Waals surface area contributed by atoms with Gasteiger partial charge in [-0.3, -0.25) is 24.5 Å². The number of carbonyl (C=O) groups excluding carboxylic acids is 2. The number of benzene rings is 3. The summed E-state index contributed by atoms with van der Waals surface area (Å²) in [6.45, 7) is -0.506. The fourth-order valence-electron chi connectivity index (χ4n) is 3.99. The topological polar surface area (TPSA) is 205 Å². The number of ether oxygens (including phenoxy) is 1. The lowest BCUT2D eigenvalue weighted by Gasteiger charge is -2.21. The quantitative estimate of drug-likeness (QED) is 0.0743. The lowest BCUT2D eigenvalue weighted by molar-refractivity contribution is -0.144. The number of anilines is 1. The fourth-order valence-corrected chi connectivity index (χ4v) is 4.26. The molecule has 6 N–H and O–H groups in total. The van der Waals surface area contributed by atoms with Gasteiger partial charge in [-0.15, -0.1) is 0 Å². The number of aromatic amines is 1. The molecule has 4 aromatic rings. The number of aryl methyl sites for hydroxylation is 1. The molecule has 1 aromatic heterocycles. The molecule has 13 nitrogen and oxygen atoms in total. The molecule has 42 heavy (non-hydrogen) atoms. The van der Waals surface area contributed by atoms with Crippen LogP contribution in [-0.4, -0.2) is 50.5 Å². The monoisotopic (exact) mass is 592 g/mol. The Balaban J connectivity index is 1.37. The number of hydrogen-bond donors (Lipinski definition) is 5. The number of rotatable bonds is 11. The third-order valence-corrected chi connectivity index (χ3v) is 6.29. The first kappa shape index (κ1) is 29.6. The number of aromatic nitrogens is 2. The first-order valence-corrected chi connectivity index (χ1v) is 12.8. The van der Waals surface area contributed by atoms with E-state index in [9.17, 15) is 24.3 Å². The Kier molecular flexibility index (Phi) is 9.35. The summed E-state index contributed by atoms with van der Waals surface area (Å²) in [6.07, 6.45) is 0.190. The smallest absolute Gasteiger partial charge is 0.439 e. The maximum absolute atomic E-state index is 13.0. The van der Waals surface area contributed by atoms with Gasteiger partial charge in [0.1, 0.15) is 12.3 Å². The molecule has 0 atom stereocenters. The zero-order valence-corrected chi connectivity index (χ0v) is 22.7. The van der Waals surface area contributed by atoms with Crippen molar-refractivity contribution in [2.75, 3.05) is 11.9 Å². The molecule has 0 unspecified atom stereocenters. The Labute approximate surface area is 243 Å². The second-order valence-electron chi connectivity index (χ2n) is 9.05. The number of aliphatic carboxylic acids is 1. The van der Waals surface area contributed by atoms with Crippen LogP contribution in [0.15, 0.2) is 76.0 Å². The number of carbonyl (C=O) groups is 3. The molecule has 3 aromatic carbocycles. The van der Waals surface area contributed by atoms with Crippen molar-refractivity contribution in [2.24, 2.45) is 5.73 Å². The SMILES string of the molecule is N=C(N)Nc1ccc(C(=O)Oc2ccc(CCC(=O)N(CC(=O)O)Cc3cccc(-c4noc(=O)[nH]4)c3)c(Cl)c2)cc1. The van der Waals surface area contributed by atoms with E-state index in [2.05, 4.69) is 20.0 Å². The van der Waals surface area contributed by atoms with Gasteiger partial charge in [0.2, 0.25) is 5.91 Å². The first-order valence-electron chi connectivity index (χ1n) is 12.4. The highest BCUT2D eigenvalue weighted by Crippen LogP contribution is 2.25. The number of H-pyrrole nitrogens is 1. The summed E-state index contributed by atoms with van der Waals surface area (Å²) >= 11 is 6.39. The third-order valence-electron chi connectivity index (χ3n) is 5.94. The van der Waals surface area contributed by atoms with Gasteiger partial charge in [0.05, 0.1) is 5.56 Å². The zero-order valence-electron chi connectivity index (χ0n) is 21.9. The van der Waals surface area contributed by atoms with Crippen molar-refractivity contribution in [3.8, 4) is 17.1 Å². The third kappa shape index (κ3) is 8.05. The van der Waals surface area contributed by atoms with Crippen LogP contribution in [0.1, 0.15) is 27.9 Å². The van der Waals surface area contributed by atoms with Gasteiger partial charge in [-0.1, -0.05) is 41.0 Å². The predicted molar refractivity (Wildman–Crippen MR) is 152 cm³/mol. The summed E-state index contributed by atoms with van der Waals surface area (Å²) in [6, 6.07) is 17.6. The molecule has 0 saturated heterocycles. The van der Waals surface area contributed by atoms with E-state index in [1.54, 1.807) is 48.5 Å². The number of hydrogen-bond acceptors (Lipinski definition) is 8. The van der Waals surface area contributed by atoms with E-state index in [1.165, 1.54) is 23.1 Å². The number of guanidine groups is 1. The minimum atomic E-state index is -1.17. The van der Waals surface area contributed by atoms with Crippen LogP contribution < -0.4 is 21.5 Å². The van der Waals surface area contributed by atoms with E-state index in [4.69, 9.17) is 27.5 Å². The summed E-state index contributed by atoms with van der Waals surface area (Å²) in [5.41, 5.74) is 7.87. The average Bonchev–Trinajstić information content (AvgIpc) is 3.38. The molecule has 0 bridgehead atoms. The van der Waals surface area contributed by atoms with Gasteiger partial charge in [-0.2, -0.15) is 0 Å². The molecule has 0 aliphatic rings. The molecule has 216 valence electrons. The van der Waals surface area contributed by atoms with Gasteiger partial charge in [-0.05, 0) is 60.0 Å². The number of esters is 1. The number of carboxylic acids is 1. The maximum Gasteiger partial charge on any atom is 0.439 e. The van der Waals surface area contributed by atoms with E-state index in [1.807, 2.05) is 0 Å². The van der Waals surface area contributed by atoms with Crippen LogP contribution >= 0.6 is 11.6 Å². The minimum Gasteiger partial charge on any atom is -0.480 e. The molecule has 0 aliphatic heterocycles. The summed E-state index contributed by atoms with van der Waals surface area (Å²) < 4.78 is 9.92. The predicted octanol–water partition coefficient (Wildman–Crippen LogP) is 3.25. The second-order valence-corrected chi connectivity index (χ2v) is 9.45. The Morgan fingerprint density at radius 1 is 1.12 bits per heavy atom. The molecular formula is C28H25ClN6O7. The van der Waals surface area contributed by atoms with Crippen LogP contribution in [-0.2, 0) is 22.6 Å². The molecule has 1 amide bonds. The minimum absolute atomic E-state index is 0.00940. The van der Waals surface area contributed by atoms with Gasteiger partial charge in [0.15, 0.2) is 11.8 Å². The van der Waals surface area contributed by atoms with Gasteiger partial charge in [0.25, 0.3) is 0 Å². The largest absolute Gasteiger partial charge is 0.480 e. The van der Waals surface area contributed by atoms with E-state index in [-0.39, 0.29) is 47.5 Å². The van der Waals surface area contributed by atoms with Crippen molar-refractivity contribution >= 4 is 41.1 Å². The van der Waals surface area contributed by atoms with E-state index >= 15 is 0 Å². The van der Waals surface area contributed by atoms with Crippen molar-refractivity contribution in [3.63, 3.8) is 0 Å². The number of nitrogens with two attached hydrogens (primary N) is 1. The van der Waals surface area contributed by atoms with Crippen molar-refractivity contribution in [1.82, 2.24) is 15.0 Å². The number of halogens is 1. The Bertz CT molecular complexity index is 1680. The van der Waals surface area contributed by atoms with Gasteiger partial charge < -0.3 is 25.8 Å². The average molecular weight is 593 g/mol. The number of amides is 1. The molecule has 14 heteroatoms. The first-order chi connectivity index (χ1) is 20.1. The number of nitrogens with zero attached hydrogens (tertiary/aromatic N) is 2. The normalized spacial score (nSPS) is 10.6. The molecule has 0 saturated carbocycles. The highest BCUT2D eigenvalue weighted by molar-refractivity contribution is 6.31. The molecule has 1 heterocycles. The Hall–Kier alpha value is -5.43. The standard InChI is InChI=1S/C28H25ClN6O7/c29-22-13-21(41-26(39)18-4-8-20(9-5-18)32-27(30)31)10-6-17(22)7-11-23(36)35(15-24(37)38)14-16-2-1-3-19(12-16)25-33-28(40)42-34-25/h1-6,8-10,12-13H,7,11,14-15H2,(H,37,38)(H4,30,31,32)(H,33,34,40). The molecule has 4 rings (SSSR count). The Morgan fingerprint density at radius 2 is 1.88 bits per heavy atom. The summed E-state index contributed by atoms with van der Waals surface area (Å²) in [5, 5.41) is 23.1. The van der Waals surface area contributed by atoms with E-state index < -0.39 is 30.1 Å². The number of nitrogens with one attached hydrogen (secondary N) is 3. The van der Waals surface area contributed by atoms with E-state index in [0.29, 0.717) is 22.4 Å². The molecule has 0 aliphatic carbocycles. The van der Waals surface area contributed by atoms with Crippen molar-refractivity contribution in [3.05, 3.63) is 99.0 Å². The van der Waals surface area contributed by atoms with Gasteiger partial charge >= 0.3 is 17.7 Å². The second kappa shape index (κ2) is 13.3. The summed E-state index contributed by atoms with van der Waals surface area (Å²) in [4.78, 5) is 51.9. The number of carboxylic acid groups (broad SMARTS) is 1. The van der Waals surface area contributed by atoms with E-state index in [0.717, 1.165) is 0 Å². The maximum atomic E-state index is 13.0. The lowest BCUT2D eigenvalue weighted by atomic mass is 10.1. The van der Waals surface area contributed by atoms with Crippen LogP contribution in [0.3, 0.4) is 0 Å². The van der Waals surface area contributed by atoms with Gasteiger partial charge in [0, 0.05) is 29.2 Å². The lowest BCUT2D eigenvalue weighted by Crippen LogP contribution is -2.35. The molecule has 0 fully saturated rings. The molecular weight excluding hydrogens is 568 g/mol. The van der Waals surface area contributed by atoms with Gasteiger partial charge in [-0.25, -0.2) is 9.59 Å².